The summed E-state index contributed by atoms with van der Waals surface area (Å²) < 4.78 is 6.18. The lowest BCUT2D eigenvalue weighted by Crippen LogP contribution is -2.49. The molecule has 2 nitrogen and oxygen atoms in total. The van der Waals surface area contributed by atoms with Crippen LogP contribution in [-0.2, 0) is 11.2 Å². The summed E-state index contributed by atoms with van der Waals surface area (Å²) in [6, 6.07) is 11.3. The van der Waals surface area contributed by atoms with Crippen molar-refractivity contribution < 1.29 is 4.74 Å². The van der Waals surface area contributed by atoms with Gasteiger partial charge in [0.15, 0.2) is 0 Å². The number of nitrogens with one attached hydrogen (secondary N) is 1. The van der Waals surface area contributed by atoms with E-state index in [1.54, 1.807) is 0 Å². The molecule has 0 saturated heterocycles. The lowest BCUT2D eigenvalue weighted by Gasteiger charge is -2.37. The third-order valence-electron chi connectivity index (χ3n) is 4.67. The first kappa shape index (κ1) is 15.5. The number of ether oxygens (including phenoxy) is 1. The smallest absolute Gasteiger partial charge is 0.0834 e. The average molecular weight is 275 g/mol. The zero-order chi connectivity index (χ0) is 14.3. The van der Waals surface area contributed by atoms with Gasteiger partial charge in [0, 0.05) is 12.6 Å². The second-order valence-electron chi connectivity index (χ2n) is 5.92. The summed E-state index contributed by atoms with van der Waals surface area (Å²) in [6.45, 7) is 2.95. The van der Waals surface area contributed by atoms with Crippen LogP contribution in [0.1, 0.15) is 51.0 Å². The first-order valence-corrected chi connectivity index (χ1v) is 8.16. The van der Waals surface area contributed by atoms with Crippen molar-refractivity contribution in [1.29, 1.82) is 0 Å². The molecule has 1 unspecified atom stereocenters. The third-order valence-corrected chi connectivity index (χ3v) is 4.67. The molecular weight excluding hydrogens is 246 g/mol. The number of likely N-dealkylation sites (N-methyl/N-ethyl adjacent to an activating group) is 1. The summed E-state index contributed by atoms with van der Waals surface area (Å²) in [5.74, 6) is 0. The lowest BCUT2D eigenvalue weighted by molar-refractivity contribution is -0.0619. The van der Waals surface area contributed by atoms with Gasteiger partial charge >= 0.3 is 0 Å². The standard InChI is InChI=1S/C18H29NO/c1-3-20-18(14-7-8-15-18)17(19-2)13-9-12-16-10-5-4-6-11-16/h4-6,10-11,17,19H,3,7-9,12-15H2,1-2H3. The fraction of sp³-hybridized carbons (Fsp3) is 0.667. The highest BCUT2D eigenvalue weighted by Gasteiger charge is 2.40. The minimum absolute atomic E-state index is 0.0974. The van der Waals surface area contributed by atoms with Crippen LogP contribution in [0.3, 0.4) is 0 Å². The Balaban J connectivity index is 1.87. The zero-order valence-electron chi connectivity index (χ0n) is 13.0. The number of rotatable bonds is 8. The van der Waals surface area contributed by atoms with E-state index in [2.05, 4.69) is 49.6 Å². The summed E-state index contributed by atoms with van der Waals surface area (Å²) in [5, 5.41) is 3.53. The normalized spacial score (nSPS) is 19.1. The molecule has 1 saturated carbocycles. The van der Waals surface area contributed by atoms with Gasteiger partial charge in [-0.2, -0.15) is 0 Å². The summed E-state index contributed by atoms with van der Waals surface area (Å²) in [6.07, 6.45) is 8.67. The molecule has 2 heteroatoms. The minimum atomic E-state index is 0.0974. The highest BCUT2D eigenvalue weighted by molar-refractivity contribution is 5.14. The Kier molecular flexibility index (Phi) is 6.06. The first-order valence-electron chi connectivity index (χ1n) is 8.16. The van der Waals surface area contributed by atoms with Crippen molar-refractivity contribution in [2.24, 2.45) is 0 Å². The second-order valence-corrected chi connectivity index (χ2v) is 5.92. The number of hydrogen-bond donors (Lipinski definition) is 1. The van der Waals surface area contributed by atoms with Crippen LogP contribution in [0.4, 0.5) is 0 Å². The Hall–Kier alpha value is -0.860. The molecule has 1 aromatic carbocycles. The van der Waals surface area contributed by atoms with Crippen LogP contribution >= 0.6 is 0 Å². The fourth-order valence-electron chi connectivity index (χ4n) is 3.68. The molecule has 0 radical (unpaired) electrons. The molecule has 0 amide bonds. The van der Waals surface area contributed by atoms with Crippen LogP contribution in [-0.4, -0.2) is 25.3 Å². The van der Waals surface area contributed by atoms with Gasteiger partial charge in [-0.1, -0.05) is 43.2 Å². The van der Waals surface area contributed by atoms with Crippen LogP contribution in [0, 0.1) is 0 Å². The monoisotopic (exact) mass is 275 g/mol. The molecule has 1 aliphatic rings. The summed E-state index contributed by atoms with van der Waals surface area (Å²) >= 11 is 0. The van der Waals surface area contributed by atoms with Gasteiger partial charge in [-0.05, 0) is 51.6 Å². The predicted molar refractivity (Wildman–Crippen MR) is 85.1 cm³/mol. The molecule has 0 bridgehead atoms. The molecule has 0 heterocycles. The molecule has 2 rings (SSSR count). The number of aryl methyl sites for hydroxylation is 1. The van der Waals surface area contributed by atoms with Crippen LogP contribution < -0.4 is 5.32 Å². The van der Waals surface area contributed by atoms with Crippen molar-refractivity contribution in [3.8, 4) is 0 Å². The van der Waals surface area contributed by atoms with E-state index in [0.717, 1.165) is 6.61 Å². The molecule has 1 aromatic rings. The molecule has 1 aliphatic carbocycles. The van der Waals surface area contributed by atoms with E-state index in [9.17, 15) is 0 Å². The Morgan fingerprint density at radius 1 is 1.20 bits per heavy atom. The quantitative estimate of drug-likeness (QED) is 0.775. The predicted octanol–water partition coefficient (Wildman–Crippen LogP) is 3.95. The maximum atomic E-state index is 6.18. The van der Waals surface area contributed by atoms with Gasteiger partial charge in [-0.25, -0.2) is 0 Å². The van der Waals surface area contributed by atoms with E-state index in [4.69, 9.17) is 4.74 Å². The lowest BCUT2D eigenvalue weighted by atomic mass is 9.87. The molecule has 1 atom stereocenters. The topological polar surface area (TPSA) is 21.3 Å². The first-order chi connectivity index (χ1) is 9.80. The van der Waals surface area contributed by atoms with E-state index >= 15 is 0 Å². The molecule has 0 aliphatic heterocycles. The van der Waals surface area contributed by atoms with Crippen LogP contribution in [0.15, 0.2) is 30.3 Å². The summed E-state index contributed by atoms with van der Waals surface area (Å²) in [4.78, 5) is 0. The second kappa shape index (κ2) is 7.80. The Morgan fingerprint density at radius 3 is 2.50 bits per heavy atom. The van der Waals surface area contributed by atoms with Gasteiger partial charge in [-0.15, -0.1) is 0 Å². The average Bonchev–Trinajstić information content (AvgIpc) is 2.95. The highest BCUT2D eigenvalue weighted by atomic mass is 16.5. The molecular formula is C18H29NO. The number of hydrogen-bond acceptors (Lipinski definition) is 2. The highest BCUT2D eigenvalue weighted by Crippen LogP contribution is 2.37. The van der Waals surface area contributed by atoms with E-state index < -0.39 is 0 Å². The summed E-state index contributed by atoms with van der Waals surface area (Å²) in [7, 11) is 2.09. The largest absolute Gasteiger partial charge is 0.374 e. The molecule has 112 valence electrons. The van der Waals surface area contributed by atoms with E-state index in [1.165, 1.54) is 50.5 Å². The summed E-state index contributed by atoms with van der Waals surface area (Å²) in [5.41, 5.74) is 1.54. The van der Waals surface area contributed by atoms with Gasteiger partial charge in [-0.3, -0.25) is 0 Å². The van der Waals surface area contributed by atoms with Crippen molar-refractivity contribution in [2.75, 3.05) is 13.7 Å². The molecule has 1 fully saturated rings. The van der Waals surface area contributed by atoms with Crippen molar-refractivity contribution in [1.82, 2.24) is 5.32 Å². The maximum absolute atomic E-state index is 6.18. The fourth-order valence-corrected chi connectivity index (χ4v) is 3.68. The van der Waals surface area contributed by atoms with Gasteiger partial charge in [0.05, 0.1) is 5.60 Å². The van der Waals surface area contributed by atoms with Gasteiger partial charge in [0.2, 0.25) is 0 Å². The molecule has 0 aromatic heterocycles. The third kappa shape index (κ3) is 3.83. The Morgan fingerprint density at radius 2 is 1.90 bits per heavy atom. The van der Waals surface area contributed by atoms with Gasteiger partial charge in [0.25, 0.3) is 0 Å². The van der Waals surface area contributed by atoms with Crippen molar-refractivity contribution >= 4 is 0 Å². The van der Waals surface area contributed by atoms with Gasteiger partial charge < -0.3 is 10.1 Å². The van der Waals surface area contributed by atoms with Crippen molar-refractivity contribution in [3.63, 3.8) is 0 Å². The van der Waals surface area contributed by atoms with E-state index in [0.29, 0.717) is 6.04 Å². The van der Waals surface area contributed by atoms with Gasteiger partial charge in [0.1, 0.15) is 0 Å². The number of benzene rings is 1. The van der Waals surface area contributed by atoms with Crippen molar-refractivity contribution in [3.05, 3.63) is 35.9 Å². The minimum Gasteiger partial charge on any atom is -0.374 e. The van der Waals surface area contributed by atoms with Crippen LogP contribution in [0.2, 0.25) is 0 Å². The van der Waals surface area contributed by atoms with Crippen LogP contribution in [0.5, 0.6) is 0 Å². The zero-order valence-corrected chi connectivity index (χ0v) is 13.0. The SMILES string of the molecule is CCOC1(C(CCCc2ccccc2)NC)CCCC1. The Bertz CT molecular complexity index is 370. The van der Waals surface area contributed by atoms with E-state index in [-0.39, 0.29) is 5.60 Å². The molecule has 0 spiro atoms. The van der Waals surface area contributed by atoms with E-state index in [1.807, 2.05) is 0 Å². The Labute approximate surface area is 123 Å². The van der Waals surface area contributed by atoms with Crippen LogP contribution in [0.25, 0.3) is 0 Å². The van der Waals surface area contributed by atoms with Crippen molar-refractivity contribution in [2.45, 2.75) is 63.5 Å². The maximum Gasteiger partial charge on any atom is 0.0834 e. The molecule has 1 N–H and O–H groups in total. The molecule has 20 heavy (non-hydrogen) atoms.